The molecular weight excluding hydrogens is 392 g/mol. The molecular formula is C22H12O8. The van der Waals surface area contributed by atoms with Crippen molar-refractivity contribution in [1.29, 1.82) is 0 Å². The first kappa shape index (κ1) is 18.9. The second-order valence-electron chi connectivity index (χ2n) is 6.56. The zero-order chi connectivity index (χ0) is 21.7. The summed E-state index contributed by atoms with van der Waals surface area (Å²) in [7, 11) is 0. The van der Waals surface area contributed by atoms with E-state index in [4.69, 9.17) is 0 Å². The summed E-state index contributed by atoms with van der Waals surface area (Å²) >= 11 is 0. The van der Waals surface area contributed by atoms with Gasteiger partial charge >= 0.3 is 23.9 Å². The Bertz CT molecular complexity index is 1230. The Morgan fingerprint density at radius 3 is 0.800 bits per heavy atom. The fourth-order valence-electron chi connectivity index (χ4n) is 4.02. The lowest BCUT2D eigenvalue weighted by molar-refractivity contribution is 0.0678. The molecule has 4 N–H and O–H groups in total. The number of carboxylic acids is 4. The van der Waals surface area contributed by atoms with Gasteiger partial charge in [-0.2, -0.15) is 0 Å². The van der Waals surface area contributed by atoms with Gasteiger partial charge in [0.25, 0.3) is 0 Å². The summed E-state index contributed by atoms with van der Waals surface area (Å²) in [6.45, 7) is 0. The topological polar surface area (TPSA) is 149 Å². The van der Waals surface area contributed by atoms with Crippen LogP contribution < -0.4 is 0 Å². The summed E-state index contributed by atoms with van der Waals surface area (Å²) in [5.74, 6) is -5.99. The monoisotopic (exact) mass is 404 g/mol. The van der Waals surface area contributed by atoms with E-state index in [1.165, 1.54) is 48.5 Å². The number of hydrogen-bond acceptors (Lipinski definition) is 4. The van der Waals surface area contributed by atoms with Gasteiger partial charge in [0.2, 0.25) is 0 Å². The molecule has 0 aromatic heterocycles. The maximum atomic E-state index is 12.2. The maximum absolute atomic E-state index is 12.2. The molecule has 8 nitrogen and oxygen atoms in total. The average molecular weight is 404 g/mol. The van der Waals surface area contributed by atoms with Crippen LogP contribution >= 0.6 is 0 Å². The maximum Gasteiger partial charge on any atom is 0.336 e. The second-order valence-corrected chi connectivity index (χ2v) is 6.56. The van der Waals surface area contributed by atoms with E-state index in [1.54, 1.807) is 0 Å². The van der Waals surface area contributed by atoms with Crippen molar-refractivity contribution in [2.75, 3.05) is 0 Å². The van der Waals surface area contributed by atoms with Gasteiger partial charge in [0, 0.05) is 10.8 Å². The molecule has 30 heavy (non-hydrogen) atoms. The molecule has 4 rings (SSSR count). The van der Waals surface area contributed by atoms with Crippen molar-refractivity contribution in [1.82, 2.24) is 0 Å². The summed E-state index contributed by atoms with van der Waals surface area (Å²) in [6.07, 6.45) is 0. The normalized spacial score (nSPS) is 11.1. The van der Waals surface area contributed by atoms with E-state index in [1.807, 2.05) is 0 Å². The molecule has 0 heterocycles. The highest BCUT2D eigenvalue weighted by molar-refractivity contribution is 6.34. The number of aromatic carboxylic acids is 4. The molecule has 148 valence electrons. The lowest BCUT2D eigenvalue weighted by Gasteiger charge is -2.18. The zero-order valence-corrected chi connectivity index (χ0v) is 15.0. The van der Waals surface area contributed by atoms with Crippen molar-refractivity contribution in [3.63, 3.8) is 0 Å². The molecule has 0 bridgehead atoms. The number of carboxylic acid groups (broad SMARTS) is 4. The summed E-state index contributed by atoms with van der Waals surface area (Å²) in [4.78, 5) is 48.9. The highest BCUT2D eigenvalue weighted by Crippen LogP contribution is 2.41. The third-order valence-corrected chi connectivity index (χ3v) is 5.04. The molecule has 0 saturated heterocycles. The number of hydrogen-bond donors (Lipinski definition) is 4. The molecule has 4 aromatic rings. The number of fused-ring (bicyclic) bond motifs is 3. The van der Waals surface area contributed by atoms with Gasteiger partial charge in [-0.3, -0.25) is 0 Å². The van der Waals surface area contributed by atoms with E-state index in [0.717, 1.165) is 0 Å². The molecule has 0 amide bonds. The molecule has 0 atom stereocenters. The fourth-order valence-corrected chi connectivity index (χ4v) is 4.02. The minimum atomic E-state index is -1.50. The second kappa shape index (κ2) is 6.56. The van der Waals surface area contributed by atoms with Crippen LogP contribution in [0.1, 0.15) is 41.4 Å². The molecule has 0 aliphatic rings. The first-order valence-corrected chi connectivity index (χ1v) is 8.62. The smallest absolute Gasteiger partial charge is 0.336 e. The summed E-state index contributed by atoms with van der Waals surface area (Å²) in [5.41, 5.74) is -1.85. The number of rotatable bonds is 4. The molecule has 4 aromatic carbocycles. The highest BCUT2D eigenvalue weighted by Gasteiger charge is 2.31. The van der Waals surface area contributed by atoms with Crippen LogP contribution in [0.15, 0.2) is 48.5 Å². The zero-order valence-electron chi connectivity index (χ0n) is 15.0. The predicted molar refractivity (Wildman–Crippen MR) is 107 cm³/mol. The molecule has 0 aliphatic heterocycles. The van der Waals surface area contributed by atoms with Crippen molar-refractivity contribution in [3.8, 4) is 0 Å². The van der Waals surface area contributed by atoms with E-state index in [0.29, 0.717) is 0 Å². The van der Waals surface area contributed by atoms with E-state index in [9.17, 15) is 39.6 Å². The van der Waals surface area contributed by atoms with Crippen LogP contribution in [-0.2, 0) is 0 Å². The summed E-state index contributed by atoms with van der Waals surface area (Å²) in [6, 6.07) is 11.4. The SMILES string of the molecule is O=C(O)c1c2ccccc2c(C(=O)O)c2c(C(=O)O)c3ccccc3c(C(=O)O)c12. The Hall–Kier alpha value is -4.46. The van der Waals surface area contributed by atoms with E-state index < -0.39 is 56.9 Å². The lowest BCUT2D eigenvalue weighted by atomic mass is 9.83. The quantitative estimate of drug-likeness (QED) is 0.374. The van der Waals surface area contributed by atoms with Crippen LogP contribution in [0.3, 0.4) is 0 Å². The largest absolute Gasteiger partial charge is 0.478 e. The van der Waals surface area contributed by atoms with E-state index in [-0.39, 0.29) is 21.5 Å². The van der Waals surface area contributed by atoms with Crippen molar-refractivity contribution >= 4 is 56.2 Å². The molecule has 0 unspecified atom stereocenters. The number of carbonyl (C=O) groups is 4. The minimum absolute atomic E-state index is 0.00372. The Kier molecular flexibility index (Phi) is 4.13. The molecule has 8 heteroatoms. The minimum Gasteiger partial charge on any atom is -0.478 e. The van der Waals surface area contributed by atoms with Crippen LogP contribution in [0.2, 0.25) is 0 Å². The van der Waals surface area contributed by atoms with E-state index in [2.05, 4.69) is 0 Å². The molecule has 0 saturated carbocycles. The van der Waals surface area contributed by atoms with Gasteiger partial charge in [0.1, 0.15) is 0 Å². The Morgan fingerprint density at radius 1 is 0.433 bits per heavy atom. The Balaban J connectivity index is 2.59. The Labute approximate surface area is 167 Å². The van der Waals surface area contributed by atoms with Gasteiger partial charge in [-0.25, -0.2) is 19.2 Å². The Morgan fingerprint density at radius 2 is 0.633 bits per heavy atom. The predicted octanol–water partition coefficient (Wildman–Crippen LogP) is 3.94. The van der Waals surface area contributed by atoms with Crippen molar-refractivity contribution in [3.05, 3.63) is 70.8 Å². The van der Waals surface area contributed by atoms with Crippen LogP contribution in [0, 0.1) is 0 Å². The van der Waals surface area contributed by atoms with Crippen LogP contribution in [0.4, 0.5) is 0 Å². The van der Waals surface area contributed by atoms with Gasteiger partial charge in [-0.15, -0.1) is 0 Å². The fraction of sp³-hybridized carbons (Fsp3) is 0. The first-order chi connectivity index (χ1) is 14.3. The first-order valence-electron chi connectivity index (χ1n) is 8.62. The summed E-state index contributed by atoms with van der Waals surface area (Å²) in [5, 5.41) is 38.9. The van der Waals surface area contributed by atoms with E-state index >= 15 is 0 Å². The van der Waals surface area contributed by atoms with Crippen LogP contribution in [0.5, 0.6) is 0 Å². The number of benzene rings is 4. The van der Waals surface area contributed by atoms with Crippen molar-refractivity contribution in [2.24, 2.45) is 0 Å². The van der Waals surface area contributed by atoms with Gasteiger partial charge in [-0.1, -0.05) is 48.5 Å². The standard InChI is InChI=1S/C22H12O8/c23-19(24)13-9-5-1-2-6-10(9)14(20(25)26)18-16(22(29)30)12-8-4-3-7-11(12)15(17(13)18)21(27)28/h1-8H,(H,23,24)(H,25,26)(H,27,28)(H,29,30). The third kappa shape index (κ3) is 2.47. The lowest BCUT2D eigenvalue weighted by Crippen LogP contribution is -2.13. The molecule has 0 aliphatic carbocycles. The van der Waals surface area contributed by atoms with Gasteiger partial charge in [-0.05, 0) is 21.5 Å². The van der Waals surface area contributed by atoms with Crippen molar-refractivity contribution in [2.45, 2.75) is 0 Å². The van der Waals surface area contributed by atoms with Crippen LogP contribution in [0.25, 0.3) is 32.3 Å². The third-order valence-electron chi connectivity index (χ3n) is 5.04. The summed E-state index contributed by atoms with van der Waals surface area (Å²) < 4.78 is 0. The molecule has 0 fully saturated rings. The van der Waals surface area contributed by atoms with Gasteiger partial charge in [0.05, 0.1) is 22.3 Å². The average Bonchev–Trinajstić information content (AvgIpc) is 2.68. The highest BCUT2D eigenvalue weighted by atomic mass is 16.4. The van der Waals surface area contributed by atoms with Crippen molar-refractivity contribution < 1.29 is 39.6 Å². The van der Waals surface area contributed by atoms with Gasteiger partial charge in [0.15, 0.2) is 0 Å². The van der Waals surface area contributed by atoms with Gasteiger partial charge < -0.3 is 20.4 Å². The molecule has 0 spiro atoms. The molecule has 0 radical (unpaired) electrons. The van der Waals surface area contributed by atoms with Crippen LogP contribution in [-0.4, -0.2) is 44.3 Å².